The number of β-lactam (4-membered cyclic amide) rings is 1. The fourth-order valence-electron chi connectivity index (χ4n) is 2.66. The fraction of sp³-hybridized carbons (Fsp3) is 0.462. The lowest BCUT2D eigenvalue weighted by Crippen LogP contribution is -2.53. The second-order valence-electron chi connectivity index (χ2n) is 4.92. The van der Waals surface area contributed by atoms with Crippen LogP contribution in [-0.2, 0) is 19.2 Å². The molecule has 7 nitrogen and oxygen atoms in total. The number of thioether (sulfide) groups is 1. The number of hydrogen-bond acceptors (Lipinski definition) is 5. The van der Waals surface area contributed by atoms with Crippen LogP contribution >= 0.6 is 11.8 Å². The number of allylic oxidation sites excluding steroid dienone is 1. The Morgan fingerprint density at radius 1 is 1.48 bits per heavy atom. The zero-order valence-electron chi connectivity index (χ0n) is 11.4. The molecule has 0 radical (unpaired) electrons. The molecule has 2 fully saturated rings. The van der Waals surface area contributed by atoms with E-state index < -0.39 is 5.97 Å². The maximum absolute atomic E-state index is 12.0. The molecule has 1 atom stereocenters. The van der Waals surface area contributed by atoms with Crippen molar-refractivity contribution in [3.8, 4) is 0 Å². The monoisotopic (exact) mass is 310 g/mol. The zero-order valence-corrected chi connectivity index (χ0v) is 12.2. The molecule has 2 saturated heterocycles. The zero-order chi connectivity index (χ0) is 15.1. The van der Waals surface area contributed by atoms with Gasteiger partial charge in [0.05, 0.1) is 25.4 Å². The van der Waals surface area contributed by atoms with Crippen molar-refractivity contribution in [2.45, 2.75) is 18.2 Å². The molecule has 3 aliphatic heterocycles. The van der Waals surface area contributed by atoms with Crippen molar-refractivity contribution in [2.24, 2.45) is 0 Å². The number of carboxylic acids is 1. The smallest absolute Gasteiger partial charge is 0.352 e. The molecule has 3 heterocycles. The third-order valence-electron chi connectivity index (χ3n) is 3.74. The lowest BCUT2D eigenvalue weighted by molar-refractivity contribution is -0.164. The van der Waals surface area contributed by atoms with Crippen molar-refractivity contribution in [3.05, 3.63) is 22.9 Å². The first kappa shape index (κ1) is 14.2. The van der Waals surface area contributed by atoms with E-state index in [1.165, 1.54) is 28.8 Å². The highest BCUT2D eigenvalue weighted by Crippen LogP contribution is 2.40. The van der Waals surface area contributed by atoms with E-state index in [0.29, 0.717) is 36.3 Å². The van der Waals surface area contributed by atoms with Crippen LogP contribution in [0.15, 0.2) is 22.9 Å². The topological polar surface area (TPSA) is 87.2 Å². The first-order valence-corrected chi connectivity index (χ1v) is 7.54. The molecule has 3 rings (SSSR count). The van der Waals surface area contributed by atoms with Gasteiger partial charge >= 0.3 is 5.97 Å². The first-order valence-electron chi connectivity index (χ1n) is 6.49. The summed E-state index contributed by atoms with van der Waals surface area (Å²) in [7, 11) is 1.42. The Bertz CT molecular complexity index is 597. The number of carbonyl (C=O) groups excluding carboxylic acids is 2. The van der Waals surface area contributed by atoms with Crippen LogP contribution in [0.3, 0.4) is 0 Å². The summed E-state index contributed by atoms with van der Waals surface area (Å²) in [6, 6.07) is 0. The molecule has 0 bridgehead atoms. The van der Waals surface area contributed by atoms with E-state index in [1.54, 1.807) is 6.08 Å². The van der Waals surface area contributed by atoms with Gasteiger partial charge in [-0.15, -0.1) is 11.8 Å². The molecular formula is C13H14N2O5S. The predicted molar refractivity (Wildman–Crippen MR) is 73.8 cm³/mol. The standard InChI is InChI=1S/C13H14N2O5S/c1-20-14-3-2-7(12(14)17)4-8-6-21-10-5-9(16)15(10)11(8)13(18)19/h4,10H,2-3,5-6H2,1H3,(H,18,19). The van der Waals surface area contributed by atoms with E-state index in [2.05, 4.69) is 0 Å². The summed E-state index contributed by atoms with van der Waals surface area (Å²) in [5.41, 5.74) is 1.03. The Kier molecular flexibility index (Phi) is 3.50. The van der Waals surface area contributed by atoms with Gasteiger partial charge in [-0.2, -0.15) is 0 Å². The van der Waals surface area contributed by atoms with E-state index >= 15 is 0 Å². The van der Waals surface area contributed by atoms with Gasteiger partial charge in [-0.05, 0) is 18.1 Å². The van der Waals surface area contributed by atoms with Crippen LogP contribution < -0.4 is 0 Å². The molecule has 0 aliphatic carbocycles. The molecule has 8 heteroatoms. The highest BCUT2D eigenvalue weighted by atomic mass is 32.2. The van der Waals surface area contributed by atoms with Gasteiger partial charge in [-0.25, -0.2) is 9.86 Å². The average Bonchev–Trinajstić information content (AvgIpc) is 2.79. The Balaban J connectivity index is 1.96. The van der Waals surface area contributed by atoms with Crippen LogP contribution in [0.4, 0.5) is 0 Å². The molecule has 1 unspecified atom stereocenters. The van der Waals surface area contributed by atoms with Gasteiger partial charge in [0, 0.05) is 11.3 Å². The maximum atomic E-state index is 12.0. The van der Waals surface area contributed by atoms with Crippen molar-refractivity contribution in [1.29, 1.82) is 0 Å². The molecule has 0 saturated carbocycles. The molecule has 0 aromatic carbocycles. The number of carboxylic acid groups (broad SMARTS) is 1. The number of fused-ring (bicyclic) bond motifs is 1. The molecule has 0 aromatic heterocycles. The summed E-state index contributed by atoms with van der Waals surface area (Å²) < 4.78 is 0. The molecule has 0 aromatic rings. The third kappa shape index (κ3) is 2.24. The van der Waals surface area contributed by atoms with Crippen LogP contribution in [0.5, 0.6) is 0 Å². The van der Waals surface area contributed by atoms with Crippen LogP contribution in [0.2, 0.25) is 0 Å². The van der Waals surface area contributed by atoms with Crippen molar-refractivity contribution < 1.29 is 24.3 Å². The van der Waals surface area contributed by atoms with Crippen LogP contribution in [0.1, 0.15) is 12.8 Å². The molecule has 3 aliphatic rings. The molecule has 21 heavy (non-hydrogen) atoms. The summed E-state index contributed by atoms with van der Waals surface area (Å²) in [5.74, 6) is -1.08. The normalized spacial score (nSPS) is 27.3. The number of carbonyl (C=O) groups is 3. The number of nitrogens with zero attached hydrogens (tertiary/aromatic N) is 2. The van der Waals surface area contributed by atoms with Crippen molar-refractivity contribution in [1.82, 2.24) is 9.96 Å². The molecule has 2 amide bonds. The predicted octanol–water partition coefficient (Wildman–Crippen LogP) is 0.350. The summed E-state index contributed by atoms with van der Waals surface area (Å²) >= 11 is 1.52. The van der Waals surface area contributed by atoms with E-state index in [4.69, 9.17) is 4.84 Å². The summed E-state index contributed by atoms with van der Waals surface area (Å²) in [5, 5.41) is 10.5. The lowest BCUT2D eigenvalue weighted by atomic mass is 10.0. The van der Waals surface area contributed by atoms with Crippen LogP contribution in [0.25, 0.3) is 0 Å². The van der Waals surface area contributed by atoms with Gasteiger partial charge in [-0.1, -0.05) is 0 Å². The second kappa shape index (κ2) is 5.19. The van der Waals surface area contributed by atoms with Crippen molar-refractivity contribution >= 4 is 29.5 Å². The number of rotatable bonds is 3. The minimum atomic E-state index is -1.13. The number of aliphatic carboxylic acids is 1. The van der Waals surface area contributed by atoms with Gasteiger partial charge in [-0.3, -0.25) is 19.3 Å². The van der Waals surface area contributed by atoms with Gasteiger partial charge in [0.15, 0.2) is 0 Å². The molecule has 1 N–H and O–H groups in total. The van der Waals surface area contributed by atoms with E-state index in [-0.39, 0.29) is 22.9 Å². The number of hydrogen-bond donors (Lipinski definition) is 1. The lowest BCUT2D eigenvalue weighted by Gasteiger charge is -2.43. The fourth-order valence-corrected chi connectivity index (χ4v) is 3.88. The molecule has 112 valence electrons. The van der Waals surface area contributed by atoms with E-state index in [9.17, 15) is 19.5 Å². The Hall–Kier alpha value is -1.80. The van der Waals surface area contributed by atoms with Gasteiger partial charge in [0.25, 0.3) is 5.91 Å². The van der Waals surface area contributed by atoms with E-state index in [1.807, 2.05) is 0 Å². The maximum Gasteiger partial charge on any atom is 0.352 e. The molecular weight excluding hydrogens is 296 g/mol. The third-order valence-corrected chi connectivity index (χ3v) is 4.98. The minimum Gasteiger partial charge on any atom is -0.477 e. The Morgan fingerprint density at radius 3 is 2.81 bits per heavy atom. The van der Waals surface area contributed by atoms with Crippen LogP contribution in [-0.4, -0.2) is 57.6 Å². The quantitative estimate of drug-likeness (QED) is 0.598. The highest BCUT2D eigenvalue weighted by Gasteiger charge is 2.45. The second-order valence-corrected chi connectivity index (χ2v) is 6.09. The number of hydroxylamine groups is 2. The average molecular weight is 310 g/mol. The van der Waals surface area contributed by atoms with Gasteiger partial charge < -0.3 is 5.11 Å². The SMILES string of the molecule is CON1CCC(=CC2=C(C(=O)O)N3C(=O)CC3SC2)C1=O. The molecule has 0 spiro atoms. The summed E-state index contributed by atoms with van der Waals surface area (Å²) in [6.07, 6.45) is 2.48. The largest absolute Gasteiger partial charge is 0.477 e. The first-order chi connectivity index (χ1) is 10.0. The number of amides is 2. The highest BCUT2D eigenvalue weighted by molar-refractivity contribution is 8.00. The van der Waals surface area contributed by atoms with Gasteiger partial charge in [0.1, 0.15) is 5.70 Å². The van der Waals surface area contributed by atoms with E-state index in [0.717, 1.165) is 0 Å². The van der Waals surface area contributed by atoms with Gasteiger partial charge in [0.2, 0.25) is 5.91 Å². The van der Waals surface area contributed by atoms with Crippen molar-refractivity contribution in [3.63, 3.8) is 0 Å². The Morgan fingerprint density at radius 2 is 2.24 bits per heavy atom. The van der Waals surface area contributed by atoms with Crippen LogP contribution in [0, 0.1) is 0 Å². The van der Waals surface area contributed by atoms with Crippen molar-refractivity contribution in [2.75, 3.05) is 19.4 Å². The minimum absolute atomic E-state index is 0.00571. The summed E-state index contributed by atoms with van der Waals surface area (Å²) in [6.45, 7) is 0.454. The summed E-state index contributed by atoms with van der Waals surface area (Å²) in [4.78, 5) is 41.3. The Labute approximate surface area is 125 Å².